The lowest BCUT2D eigenvalue weighted by molar-refractivity contribution is -0.160. The minimum atomic E-state index is -3.94. The summed E-state index contributed by atoms with van der Waals surface area (Å²) in [4.78, 5) is 62.8. The average Bonchev–Trinajstić information content (AvgIpc) is 3.98. The maximum absolute atomic E-state index is 14.8. The molecule has 12 nitrogen and oxygen atoms in total. The molecule has 6 rings (SSSR count). The van der Waals surface area contributed by atoms with Crippen LogP contribution in [-0.2, 0) is 33.9 Å². The third-order valence-corrected chi connectivity index (χ3v) is 14.0. The number of carbonyl (C=O) groups is 4. The van der Waals surface area contributed by atoms with Gasteiger partial charge in [0, 0.05) is 18.2 Å². The third-order valence-electron chi connectivity index (χ3n) is 11.8. The second-order valence-electron chi connectivity index (χ2n) is 17.7. The van der Waals surface area contributed by atoms with E-state index in [2.05, 4.69) is 16.6 Å². The number of rotatable bonds is 9. The Labute approximate surface area is 325 Å². The standard InChI is InChI=1S/C42H57N3O9S/c1-8-52-30-13-14-34-28(18-30)19-31(24-43-34)53-32-20-35-36(46)23-42(39(49)44-55(50,51)41(7)15-16-41)22-29(42)12-10-9-11-26(2)17-27(3)33(38(48)45(35)25-32)21-37(47)54-40(4,5)6/h10,12-14,18-19,24,26-27,29,32-33,35H,8-9,11,15-17,20-23,25H2,1-7H3,(H,44,49)/b12-10-/t26-,27-,29-,32-,33+,35+,42-/m1/s1. The quantitative estimate of drug-likeness (QED) is 0.226. The molecule has 2 amide bonds. The molecule has 3 fully saturated rings. The molecule has 1 aromatic heterocycles. The molecule has 2 aromatic rings. The Hall–Kier alpha value is -4.00. The van der Waals surface area contributed by atoms with Crippen molar-refractivity contribution in [2.24, 2.45) is 29.1 Å². The molecule has 3 heterocycles. The molecule has 1 aromatic carbocycles. The molecular formula is C42H57N3O9S. The highest BCUT2D eigenvalue weighted by Gasteiger charge is 2.62. The normalized spacial score (nSPS) is 30.3. The van der Waals surface area contributed by atoms with Gasteiger partial charge in [-0.05, 0) is 115 Å². The number of fused-ring (bicyclic) bond motifs is 3. The van der Waals surface area contributed by atoms with Crippen LogP contribution in [0, 0.1) is 29.1 Å². The van der Waals surface area contributed by atoms with E-state index >= 15 is 0 Å². The first-order valence-corrected chi connectivity index (χ1v) is 21.3. The van der Waals surface area contributed by atoms with Crippen LogP contribution in [0.3, 0.4) is 0 Å². The number of hydrogen-bond donors (Lipinski definition) is 1. The number of benzene rings is 1. The third kappa shape index (κ3) is 9.18. The first-order valence-electron chi connectivity index (χ1n) is 19.8. The molecular weight excluding hydrogens is 723 g/mol. The first kappa shape index (κ1) is 40.7. The van der Waals surface area contributed by atoms with Crippen molar-refractivity contribution in [1.82, 2.24) is 14.6 Å². The SMILES string of the molecule is CCOc1ccc2ncc(O[C@@H]3C[C@H]4C(=O)C[C@]5(C(=O)NS(=O)(=O)C6(C)CC6)C[C@H]5/C=C\CC[C@@H](C)C[C@@H](C)[C@H](CC(=O)OC(C)(C)C)C(=O)N4C3)cc2c1. The maximum atomic E-state index is 14.8. The van der Waals surface area contributed by atoms with E-state index in [1.54, 1.807) is 33.9 Å². The number of nitrogens with one attached hydrogen (secondary N) is 1. The van der Waals surface area contributed by atoms with Gasteiger partial charge in [0.15, 0.2) is 5.78 Å². The lowest BCUT2D eigenvalue weighted by Crippen LogP contribution is -2.48. The number of esters is 1. The zero-order chi connectivity index (χ0) is 39.9. The molecule has 1 N–H and O–H groups in total. The molecule has 0 radical (unpaired) electrons. The van der Waals surface area contributed by atoms with Crippen LogP contribution in [0.15, 0.2) is 42.6 Å². The summed E-state index contributed by atoms with van der Waals surface area (Å²) in [6, 6.07) is 6.48. The number of carbonyl (C=O) groups excluding carboxylic acids is 4. The number of allylic oxidation sites excluding steroid dienone is 2. The number of nitrogens with zero attached hydrogens (tertiary/aromatic N) is 2. The predicted molar refractivity (Wildman–Crippen MR) is 208 cm³/mol. The Morgan fingerprint density at radius 3 is 2.49 bits per heavy atom. The highest BCUT2D eigenvalue weighted by atomic mass is 32.2. The Morgan fingerprint density at radius 2 is 1.80 bits per heavy atom. The van der Waals surface area contributed by atoms with E-state index in [4.69, 9.17) is 14.2 Å². The van der Waals surface area contributed by atoms with Crippen LogP contribution in [-0.4, -0.2) is 77.5 Å². The monoisotopic (exact) mass is 779 g/mol. The van der Waals surface area contributed by atoms with Gasteiger partial charge in [-0.2, -0.15) is 0 Å². The number of sulfonamides is 1. The number of hydrogen-bond acceptors (Lipinski definition) is 10. The summed E-state index contributed by atoms with van der Waals surface area (Å²) in [5, 5.41) is 0.805. The minimum Gasteiger partial charge on any atom is -0.494 e. The predicted octanol–water partition coefficient (Wildman–Crippen LogP) is 6.31. The number of ketones is 1. The summed E-state index contributed by atoms with van der Waals surface area (Å²) in [5.74, 6) is -1.75. The van der Waals surface area contributed by atoms with Crippen molar-refractivity contribution in [2.75, 3.05) is 13.2 Å². The van der Waals surface area contributed by atoms with Gasteiger partial charge in [0.05, 0.1) is 53.4 Å². The van der Waals surface area contributed by atoms with Crippen LogP contribution in [0.2, 0.25) is 0 Å². The van der Waals surface area contributed by atoms with Crippen molar-refractivity contribution >= 4 is 44.5 Å². The van der Waals surface area contributed by atoms with Crippen molar-refractivity contribution in [1.29, 1.82) is 0 Å². The van der Waals surface area contributed by atoms with E-state index in [9.17, 15) is 27.6 Å². The lowest BCUT2D eigenvalue weighted by atomic mass is 9.82. The summed E-state index contributed by atoms with van der Waals surface area (Å²) in [6.07, 6.45) is 8.23. The highest BCUT2D eigenvalue weighted by molar-refractivity contribution is 7.91. The number of aromatic nitrogens is 1. The molecule has 7 atom stereocenters. The Bertz CT molecular complexity index is 1950. The van der Waals surface area contributed by atoms with Gasteiger partial charge in [-0.3, -0.25) is 28.9 Å². The molecule has 13 heteroatoms. The summed E-state index contributed by atoms with van der Waals surface area (Å²) >= 11 is 0. The molecule has 2 aliphatic carbocycles. The molecule has 300 valence electrons. The lowest BCUT2D eigenvalue weighted by Gasteiger charge is -2.32. The summed E-state index contributed by atoms with van der Waals surface area (Å²) in [5.41, 5.74) is -1.25. The number of ether oxygens (including phenoxy) is 3. The number of Topliss-reactive ketones (excluding diaryl/α,β-unsaturated/α-hetero) is 1. The van der Waals surface area contributed by atoms with Gasteiger partial charge in [-0.25, -0.2) is 8.42 Å². The molecule has 0 bridgehead atoms. The molecule has 55 heavy (non-hydrogen) atoms. The average molecular weight is 780 g/mol. The Kier molecular flexibility index (Phi) is 11.5. The van der Waals surface area contributed by atoms with Gasteiger partial charge in [0.1, 0.15) is 23.2 Å². The van der Waals surface area contributed by atoms with E-state index in [1.807, 2.05) is 50.3 Å². The fourth-order valence-electron chi connectivity index (χ4n) is 8.25. The molecule has 0 unspecified atom stereocenters. The zero-order valence-corrected chi connectivity index (χ0v) is 34.1. The van der Waals surface area contributed by atoms with Gasteiger partial charge in [0.2, 0.25) is 21.8 Å². The van der Waals surface area contributed by atoms with Crippen LogP contribution in [0.1, 0.15) is 106 Å². The van der Waals surface area contributed by atoms with E-state index < -0.39 is 55.7 Å². The topological polar surface area (TPSA) is 158 Å². The maximum Gasteiger partial charge on any atom is 0.307 e. The van der Waals surface area contributed by atoms with Gasteiger partial charge in [0.25, 0.3) is 0 Å². The first-order chi connectivity index (χ1) is 25.8. The molecule has 2 aliphatic heterocycles. The Morgan fingerprint density at radius 1 is 1.07 bits per heavy atom. The summed E-state index contributed by atoms with van der Waals surface area (Å²) in [6.45, 7) is 13.6. The fourth-order valence-corrected chi connectivity index (χ4v) is 9.58. The van der Waals surface area contributed by atoms with E-state index in [1.165, 1.54) is 4.90 Å². The largest absolute Gasteiger partial charge is 0.494 e. The number of amides is 2. The van der Waals surface area contributed by atoms with Crippen molar-refractivity contribution in [3.05, 3.63) is 42.6 Å². The molecule has 2 saturated carbocycles. The van der Waals surface area contributed by atoms with Crippen molar-refractivity contribution in [3.63, 3.8) is 0 Å². The molecule has 1 saturated heterocycles. The smallest absolute Gasteiger partial charge is 0.307 e. The van der Waals surface area contributed by atoms with Gasteiger partial charge in [-0.1, -0.05) is 26.0 Å². The summed E-state index contributed by atoms with van der Waals surface area (Å²) in [7, 11) is -3.94. The number of pyridine rings is 1. The van der Waals surface area contributed by atoms with E-state index in [-0.39, 0.29) is 55.3 Å². The van der Waals surface area contributed by atoms with Gasteiger partial charge in [-0.15, -0.1) is 0 Å². The van der Waals surface area contributed by atoms with Crippen LogP contribution >= 0.6 is 0 Å². The fraction of sp³-hybridized carbons (Fsp3) is 0.643. The van der Waals surface area contributed by atoms with Gasteiger partial charge < -0.3 is 19.1 Å². The van der Waals surface area contributed by atoms with Crippen LogP contribution in [0.4, 0.5) is 0 Å². The summed E-state index contributed by atoms with van der Waals surface area (Å²) < 4.78 is 45.6. The molecule has 0 spiro atoms. The van der Waals surface area contributed by atoms with Crippen LogP contribution in [0.25, 0.3) is 10.9 Å². The van der Waals surface area contributed by atoms with E-state index in [0.717, 1.165) is 23.7 Å². The van der Waals surface area contributed by atoms with Crippen molar-refractivity contribution in [2.45, 2.75) is 129 Å². The minimum absolute atomic E-state index is 0.0780. The van der Waals surface area contributed by atoms with Crippen molar-refractivity contribution < 1.29 is 41.8 Å². The van der Waals surface area contributed by atoms with Crippen molar-refractivity contribution in [3.8, 4) is 11.5 Å². The Balaban J connectivity index is 1.33. The second-order valence-corrected chi connectivity index (χ2v) is 19.9. The van der Waals surface area contributed by atoms with Gasteiger partial charge >= 0.3 is 5.97 Å². The molecule has 4 aliphatic rings. The van der Waals surface area contributed by atoms with E-state index in [0.29, 0.717) is 43.8 Å². The second kappa shape index (κ2) is 15.5. The highest BCUT2D eigenvalue weighted by Crippen LogP contribution is 2.57. The van der Waals surface area contributed by atoms with Crippen LogP contribution in [0.5, 0.6) is 11.5 Å². The zero-order valence-electron chi connectivity index (χ0n) is 33.3. The van der Waals surface area contributed by atoms with Crippen LogP contribution < -0.4 is 14.2 Å².